The monoisotopic (exact) mass is 221 g/mol. The van der Waals surface area contributed by atoms with Gasteiger partial charge in [-0.2, -0.15) is 0 Å². The number of fused-ring (bicyclic) bond motifs is 1. The van der Waals surface area contributed by atoms with Gasteiger partial charge in [-0.15, -0.1) is 0 Å². The summed E-state index contributed by atoms with van der Waals surface area (Å²) in [5.74, 6) is 1.10. The smallest absolute Gasteiger partial charge is 0.0602 e. The fourth-order valence-corrected chi connectivity index (χ4v) is 4.47. The van der Waals surface area contributed by atoms with Gasteiger partial charge in [-0.05, 0) is 62.8 Å². The van der Waals surface area contributed by atoms with Gasteiger partial charge in [0, 0.05) is 12.6 Å². The van der Waals surface area contributed by atoms with E-state index in [0.29, 0.717) is 11.5 Å². The van der Waals surface area contributed by atoms with Crippen LogP contribution in [0.2, 0.25) is 0 Å². The Morgan fingerprint density at radius 3 is 2.75 bits per heavy atom. The summed E-state index contributed by atoms with van der Waals surface area (Å²) in [4.78, 5) is 2.68. The van der Waals surface area contributed by atoms with Crippen LogP contribution in [-0.4, -0.2) is 36.7 Å². The topological polar surface area (TPSA) is 12.5 Å². The van der Waals surface area contributed by atoms with Gasteiger partial charge in [0.15, 0.2) is 0 Å². The minimum Gasteiger partial charge on any atom is -0.378 e. The van der Waals surface area contributed by atoms with Crippen LogP contribution >= 0.6 is 0 Å². The van der Waals surface area contributed by atoms with Crippen molar-refractivity contribution in [3.63, 3.8) is 0 Å². The Balaban J connectivity index is 1.28. The van der Waals surface area contributed by atoms with Gasteiger partial charge in [-0.1, -0.05) is 0 Å². The maximum absolute atomic E-state index is 6.21. The Hall–Kier alpha value is -0.0800. The van der Waals surface area contributed by atoms with Gasteiger partial charge in [-0.3, -0.25) is 0 Å². The van der Waals surface area contributed by atoms with E-state index < -0.39 is 0 Å². The van der Waals surface area contributed by atoms with Crippen molar-refractivity contribution < 1.29 is 4.74 Å². The van der Waals surface area contributed by atoms with Crippen LogP contribution in [-0.2, 0) is 4.74 Å². The molecular formula is C14H23NO. The first kappa shape index (κ1) is 9.90. The summed E-state index contributed by atoms with van der Waals surface area (Å²) in [6.45, 7) is 3.73. The number of rotatable bonds is 3. The van der Waals surface area contributed by atoms with Gasteiger partial charge in [0.1, 0.15) is 0 Å². The van der Waals surface area contributed by atoms with Crippen LogP contribution in [0.3, 0.4) is 0 Å². The first-order chi connectivity index (χ1) is 7.83. The van der Waals surface area contributed by atoms with E-state index in [2.05, 4.69) is 4.90 Å². The quantitative estimate of drug-likeness (QED) is 0.726. The second kappa shape index (κ2) is 3.46. The van der Waals surface area contributed by atoms with Gasteiger partial charge < -0.3 is 9.64 Å². The summed E-state index contributed by atoms with van der Waals surface area (Å²) >= 11 is 0. The maximum Gasteiger partial charge on any atom is 0.0602 e. The van der Waals surface area contributed by atoms with Gasteiger partial charge in [0.2, 0.25) is 0 Å². The normalized spacial score (nSPS) is 50.6. The highest BCUT2D eigenvalue weighted by molar-refractivity contribution is 5.06. The molecule has 0 radical (unpaired) electrons. The summed E-state index contributed by atoms with van der Waals surface area (Å²) in [7, 11) is 0. The molecular weight excluding hydrogens is 198 g/mol. The number of nitrogens with zero attached hydrogens (tertiary/aromatic N) is 1. The van der Waals surface area contributed by atoms with Crippen molar-refractivity contribution in [3.05, 3.63) is 0 Å². The molecule has 0 spiro atoms. The molecule has 3 aliphatic carbocycles. The number of hydrogen-bond acceptors (Lipinski definition) is 2. The highest BCUT2D eigenvalue weighted by Crippen LogP contribution is 2.64. The van der Waals surface area contributed by atoms with E-state index in [1.54, 1.807) is 0 Å². The van der Waals surface area contributed by atoms with Crippen LogP contribution in [0.4, 0.5) is 0 Å². The molecule has 2 nitrogen and oxygen atoms in total. The molecule has 2 heteroatoms. The van der Waals surface area contributed by atoms with Gasteiger partial charge in [-0.25, -0.2) is 0 Å². The third-order valence-corrected chi connectivity index (χ3v) is 5.56. The lowest BCUT2D eigenvalue weighted by molar-refractivity contribution is -0.172. The fourth-order valence-electron chi connectivity index (χ4n) is 4.47. The van der Waals surface area contributed by atoms with E-state index in [0.717, 1.165) is 18.6 Å². The molecule has 90 valence electrons. The van der Waals surface area contributed by atoms with Crippen molar-refractivity contribution in [2.24, 2.45) is 11.3 Å². The average molecular weight is 221 g/mol. The lowest BCUT2D eigenvalue weighted by Crippen LogP contribution is -2.55. The minimum absolute atomic E-state index is 0.591. The fraction of sp³-hybridized carbons (Fsp3) is 1.00. The van der Waals surface area contributed by atoms with Crippen LogP contribution in [0.25, 0.3) is 0 Å². The Bertz CT molecular complexity index is 273. The number of piperidine rings is 1. The summed E-state index contributed by atoms with van der Waals surface area (Å²) in [5, 5.41) is 0. The molecule has 2 atom stereocenters. The molecule has 0 aromatic rings. The van der Waals surface area contributed by atoms with Crippen molar-refractivity contribution in [2.75, 3.05) is 19.7 Å². The SMILES string of the molecule is C1CC2CC(OCC34CC(C3)C4)CCN2C1. The largest absolute Gasteiger partial charge is 0.378 e. The first-order valence-corrected chi connectivity index (χ1v) is 7.19. The Labute approximate surface area is 98.3 Å². The molecule has 0 amide bonds. The van der Waals surface area contributed by atoms with E-state index in [4.69, 9.17) is 4.74 Å². The predicted molar refractivity (Wildman–Crippen MR) is 63.3 cm³/mol. The van der Waals surface area contributed by atoms with Crippen LogP contribution in [0.1, 0.15) is 44.9 Å². The molecule has 16 heavy (non-hydrogen) atoms. The number of hydrogen-bond donors (Lipinski definition) is 0. The molecule has 0 aromatic heterocycles. The lowest BCUT2D eigenvalue weighted by Gasteiger charge is -2.62. The van der Waals surface area contributed by atoms with Crippen LogP contribution in [0.5, 0.6) is 0 Å². The molecule has 5 fully saturated rings. The second-order valence-corrected chi connectivity index (χ2v) is 6.77. The average Bonchev–Trinajstić information content (AvgIpc) is 2.60. The number of ether oxygens (including phenoxy) is 1. The van der Waals surface area contributed by atoms with E-state index in [1.807, 2.05) is 0 Å². The highest BCUT2D eigenvalue weighted by Gasteiger charge is 2.56. The molecule has 5 rings (SSSR count). The van der Waals surface area contributed by atoms with E-state index >= 15 is 0 Å². The summed E-state index contributed by atoms with van der Waals surface area (Å²) in [5.41, 5.74) is 0.678. The van der Waals surface area contributed by atoms with Crippen molar-refractivity contribution in [2.45, 2.75) is 57.1 Å². The maximum atomic E-state index is 6.21. The zero-order chi connectivity index (χ0) is 10.6. The summed E-state index contributed by atoms with van der Waals surface area (Å²) in [6.07, 6.45) is 10.5. The molecule has 2 saturated heterocycles. The van der Waals surface area contributed by atoms with E-state index in [9.17, 15) is 0 Å². The predicted octanol–water partition coefficient (Wildman–Crippen LogP) is 2.43. The Kier molecular flexibility index (Phi) is 2.14. The van der Waals surface area contributed by atoms with Gasteiger partial charge >= 0.3 is 0 Å². The van der Waals surface area contributed by atoms with Crippen molar-refractivity contribution >= 4 is 0 Å². The minimum atomic E-state index is 0.591. The van der Waals surface area contributed by atoms with Gasteiger partial charge in [0.25, 0.3) is 0 Å². The van der Waals surface area contributed by atoms with E-state index in [-0.39, 0.29) is 0 Å². The standard InChI is InChI=1S/C14H23NO/c1-2-12-6-13(3-5-15(12)4-1)16-10-14-7-11(8-14)9-14/h11-13H,1-10H2. The van der Waals surface area contributed by atoms with Crippen LogP contribution < -0.4 is 0 Å². The lowest BCUT2D eigenvalue weighted by atomic mass is 9.45. The first-order valence-electron chi connectivity index (χ1n) is 7.19. The van der Waals surface area contributed by atoms with Crippen molar-refractivity contribution in [1.29, 1.82) is 0 Å². The third-order valence-electron chi connectivity index (χ3n) is 5.56. The van der Waals surface area contributed by atoms with E-state index in [1.165, 1.54) is 58.0 Å². The Morgan fingerprint density at radius 1 is 1.12 bits per heavy atom. The van der Waals surface area contributed by atoms with Gasteiger partial charge in [0.05, 0.1) is 12.7 Å². The molecule has 0 aromatic carbocycles. The molecule has 2 aliphatic heterocycles. The summed E-state index contributed by atoms with van der Waals surface area (Å²) in [6, 6.07) is 0.867. The zero-order valence-corrected chi connectivity index (χ0v) is 10.2. The molecule has 2 bridgehead atoms. The third kappa shape index (κ3) is 1.46. The van der Waals surface area contributed by atoms with Crippen molar-refractivity contribution in [3.8, 4) is 0 Å². The van der Waals surface area contributed by atoms with Crippen molar-refractivity contribution in [1.82, 2.24) is 4.90 Å². The second-order valence-electron chi connectivity index (χ2n) is 6.77. The molecule has 2 unspecified atom stereocenters. The molecule has 3 saturated carbocycles. The summed E-state index contributed by atoms with van der Waals surface area (Å²) < 4.78 is 6.21. The zero-order valence-electron chi connectivity index (χ0n) is 10.2. The molecule has 2 heterocycles. The van der Waals surface area contributed by atoms with Crippen LogP contribution in [0.15, 0.2) is 0 Å². The molecule has 0 N–H and O–H groups in total. The Morgan fingerprint density at radius 2 is 2.00 bits per heavy atom. The molecule has 5 aliphatic rings. The van der Waals surface area contributed by atoms with Crippen LogP contribution in [0, 0.1) is 11.3 Å². The highest BCUT2D eigenvalue weighted by atomic mass is 16.5.